The number of ketones is 1. The summed E-state index contributed by atoms with van der Waals surface area (Å²) in [6.07, 6.45) is 0. The van der Waals surface area contributed by atoms with Gasteiger partial charge in [0.05, 0.1) is 15.2 Å². The van der Waals surface area contributed by atoms with E-state index in [-0.39, 0.29) is 22.8 Å². The number of rotatable bonds is 4. The molecule has 0 fully saturated rings. The molecule has 1 aromatic carbocycles. The Hall–Kier alpha value is -0.860. The Bertz CT molecular complexity index is 405. The van der Waals surface area contributed by atoms with Crippen molar-refractivity contribution in [3.8, 4) is 0 Å². The maximum absolute atomic E-state index is 11.6. The van der Waals surface area contributed by atoms with Crippen LogP contribution in [0.2, 0.25) is 0 Å². The largest absolute Gasteiger partial charge is 0.380 e. The summed E-state index contributed by atoms with van der Waals surface area (Å²) in [7, 11) is 1.26. The SMILES string of the molecule is [2H]C([2H])(OC)c1ccc(C)cc1C(=O)CCl. The first-order valence-electron chi connectivity index (χ1n) is 5.18. The zero-order valence-electron chi connectivity index (χ0n) is 10.1. The number of methoxy groups -OCH3 is 1. The van der Waals surface area contributed by atoms with Crippen molar-refractivity contribution in [1.82, 2.24) is 0 Å². The number of benzene rings is 1. The van der Waals surface area contributed by atoms with Crippen LogP contribution < -0.4 is 0 Å². The highest BCUT2D eigenvalue weighted by molar-refractivity contribution is 6.30. The molecule has 0 heterocycles. The minimum absolute atomic E-state index is 0.170. The van der Waals surface area contributed by atoms with Gasteiger partial charge in [-0.25, -0.2) is 0 Å². The van der Waals surface area contributed by atoms with Crippen LogP contribution in [-0.4, -0.2) is 18.8 Å². The number of ether oxygens (including phenoxy) is 1. The van der Waals surface area contributed by atoms with Crippen LogP contribution in [0.15, 0.2) is 18.2 Å². The van der Waals surface area contributed by atoms with Crippen molar-refractivity contribution >= 4 is 17.4 Å². The molecule has 1 aromatic rings. The number of carbonyl (C=O) groups is 1. The molecule has 0 unspecified atom stereocenters. The lowest BCUT2D eigenvalue weighted by Gasteiger charge is -2.07. The molecular formula is C11H13ClO2. The number of carbonyl (C=O) groups excluding carboxylic acids is 1. The molecule has 0 N–H and O–H groups in total. The molecular weight excluding hydrogens is 200 g/mol. The molecule has 2 nitrogen and oxygen atoms in total. The van der Waals surface area contributed by atoms with Crippen molar-refractivity contribution in [2.45, 2.75) is 13.5 Å². The van der Waals surface area contributed by atoms with Gasteiger partial charge in [0, 0.05) is 12.7 Å². The number of hydrogen-bond acceptors (Lipinski definition) is 2. The predicted octanol–water partition coefficient (Wildman–Crippen LogP) is 2.56. The Balaban J connectivity index is 3.33. The monoisotopic (exact) mass is 214 g/mol. The third-order valence-corrected chi connectivity index (χ3v) is 2.05. The molecule has 0 saturated heterocycles. The summed E-state index contributed by atoms with van der Waals surface area (Å²) in [6.45, 7) is -0.151. The Labute approximate surface area is 91.6 Å². The van der Waals surface area contributed by atoms with Gasteiger partial charge >= 0.3 is 0 Å². The molecule has 0 aliphatic carbocycles. The van der Waals surface area contributed by atoms with E-state index in [0.29, 0.717) is 0 Å². The Kier molecular flexibility index (Phi) is 3.09. The van der Waals surface area contributed by atoms with E-state index in [9.17, 15) is 4.79 Å². The fourth-order valence-corrected chi connectivity index (χ4v) is 1.30. The third-order valence-electron chi connectivity index (χ3n) is 1.81. The molecule has 76 valence electrons. The normalized spacial score (nSPS) is 13.4. The van der Waals surface area contributed by atoms with Crippen molar-refractivity contribution < 1.29 is 12.3 Å². The average molecular weight is 215 g/mol. The fraction of sp³-hybridized carbons (Fsp3) is 0.364. The van der Waals surface area contributed by atoms with Crippen molar-refractivity contribution in [2.75, 3.05) is 13.0 Å². The summed E-state index contributed by atoms with van der Waals surface area (Å²) in [6, 6.07) is 4.91. The molecule has 0 aromatic heterocycles. The highest BCUT2D eigenvalue weighted by Gasteiger charge is 2.09. The van der Waals surface area contributed by atoms with Crippen LogP contribution in [0.1, 0.15) is 24.2 Å². The first-order chi connectivity index (χ1) is 7.42. The van der Waals surface area contributed by atoms with Gasteiger partial charge in [0.25, 0.3) is 0 Å². The van der Waals surface area contributed by atoms with E-state index in [2.05, 4.69) is 0 Å². The molecule has 0 atom stereocenters. The molecule has 0 bridgehead atoms. The lowest BCUT2D eigenvalue weighted by atomic mass is 10.0. The van der Waals surface area contributed by atoms with E-state index in [1.54, 1.807) is 18.2 Å². The lowest BCUT2D eigenvalue weighted by molar-refractivity contribution is 0.101. The van der Waals surface area contributed by atoms with Gasteiger partial charge in [0.15, 0.2) is 5.78 Å². The second-order valence-corrected chi connectivity index (χ2v) is 3.18. The smallest absolute Gasteiger partial charge is 0.177 e. The highest BCUT2D eigenvalue weighted by Crippen LogP contribution is 2.14. The van der Waals surface area contributed by atoms with E-state index < -0.39 is 6.56 Å². The minimum Gasteiger partial charge on any atom is -0.380 e. The Morgan fingerprint density at radius 1 is 1.64 bits per heavy atom. The second-order valence-electron chi connectivity index (χ2n) is 2.91. The third kappa shape index (κ3) is 2.56. The predicted molar refractivity (Wildman–Crippen MR) is 56.9 cm³/mol. The number of alkyl halides is 1. The van der Waals surface area contributed by atoms with Crippen LogP contribution in [0.4, 0.5) is 0 Å². The molecule has 0 amide bonds. The van der Waals surface area contributed by atoms with Crippen LogP contribution in [0.3, 0.4) is 0 Å². The van der Waals surface area contributed by atoms with Gasteiger partial charge in [-0.3, -0.25) is 4.79 Å². The van der Waals surface area contributed by atoms with Crippen LogP contribution in [0.5, 0.6) is 0 Å². The molecule has 1 rings (SSSR count). The minimum atomic E-state index is -1.98. The van der Waals surface area contributed by atoms with Gasteiger partial charge in [-0.05, 0) is 18.6 Å². The zero-order valence-corrected chi connectivity index (χ0v) is 8.89. The molecule has 14 heavy (non-hydrogen) atoms. The summed E-state index contributed by atoms with van der Waals surface area (Å²) in [5.41, 5.74) is 1.37. The lowest BCUT2D eigenvalue weighted by Crippen LogP contribution is -2.06. The van der Waals surface area contributed by atoms with Gasteiger partial charge in [-0.1, -0.05) is 17.7 Å². The summed E-state index contributed by atoms with van der Waals surface area (Å²) >= 11 is 5.49. The quantitative estimate of drug-likeness (QED) is 0.569. The van der Waals surface area contributed by atoms with E-state index in [4.69, 9.17) is 19.1 Å². The highest BCUT2D eigenvalue weighted by atomic mass is 35.5. The topological polar surface area (TPSA) is 26.3 Å². The zero-order chi connectivity index (χ0) is 12.3. The average Bonchev–Trinajstić information content (AvgIpc) is 2.27. The molecule has 0 aliphatic heterocycles. The molecule has 0 saturated carbocycles. The van der Waals surface area contributed by atoms with Gasteiger partial charge < -0.3 is 4.74 Å². The van der Waals surface area contributed by atoms with Crippen molar-refractivity contribution in [2.24, 2.45) is 0 Å². The first-order valence-corrected chi connectivity index (χ1v) is 4.71. The van der Waals surface area contributed by atoms with E-state index >= 15 is 0 Å². The first kappa shape index (κ1) is 8.45. The summed E-state index contributed by atoms with van der Waals surface area (Å²) in [4.78, 5) is 11.6. The van der Waals surface area contributed by atoms with Crippen molar-refractivity contribution in [3.05, 3.63) is 34.9 Å². The van der Waals surface area contributed by atoms with Crippen LogP contribution in [0, 0.1) is 6.92 Å². The van der Waals surface area contributed by atoms with Gasteiger partial charge in [-0.2, -0.15) is 0 Å². The number of aryl methyl sites for hydroxylation is 1. The molecule has 0 aliphatic rings. The van der Waals surface area contributed by atoms with E-state index in [1.165, 1.54) is 7.11 Å². The Morgan fingerprint density at radius 3 is 2.93 bits per heavy atom. The second kappa shape index (κ2) is 5.13. The summed E-state index contributed by atoms with van der Waals surface area (Å²) < 4.78 is 20.0. The van der Waals surface area contributed by atoms with Crippen molar-refractivity contribution in [1.29, 1.82) is 0 Å². The van der Waals surface area contributed by atoms with Crippen LogP contribution in [-0.2, 0) is 11.3 Å². The number of hydrogen-bond donors (Lipinski definition) is 0. The van der Waals surface area contributed by atoms with Crippen LogP contribution in [0.25, 0.3) is 0 Å². The molecule has 0 spiro atoms. The standard InChI is InChI=1S/C11H13ClO2/c1-8-3-4-9(7-14-2)10(5-8)11(13)6-12/h3-5H,6-7H2,1-2H3/i7D2. The van der Waals surface area contributed by atoms with Crippen molar-refractivity contribution in [3.63, 3.8) is 0 Å². The summed E-state index contributed by atoms with van der Waals surface area (Å²) in [5, 5.41) is 0. The number of Topliss-reactive ketones (excluding diaryl/α,β-unsaturated/α-hetero) is 1. The van der Waals surface area contributed by atoms with Crippen LogP contribution >= 0.6 is 11.6 Å². The maximum atomic E-state index is 11.6. The summed E-state index contributed by atoms with van der Waals surface area (Å²) in [5.74, 6) is -0.475. The fourth-order valence-electron chi connectivity index (χ4n) is 1.16. The van der Waals surface area contributed by atoms with E-state index in [1.807, 2.05) is 6.92 Å². The number of halogens is 1. The molecule has 0 radical (unpaired) electrons. The van der Waals surface area contributed by atoms with E-state index in [0.717, 1.165) is 5.56 Å². The maximum Gasteiger partial charge on any atom is 0.177 e. The van der Waals surface area contributed by atoms with Gasteiger partial charge in [0.2, 0.25) is 0 Å². The Morgan fingerprint density at radius 2 is 2.36 bits per heavy atom. The van der Waals surface area contributed by atoms with Gasteiger partial charge in [-0.15, -0.1) is 11.6 Å². The molecule has 3 heteroatoms. The van der Waals surface area contributed by atoms with Gasteiger partial charge in [0.1, 0.15) is 0 Å².